The van der Waals surface area contributed by atoms with E-state index in [9.17, 15) is 4.79 Å². The first-order chi connectivity index (χ1) is 15.4. The summed E-state index contributed by atoms with van der Waals surface area (Å²) in [4.78, 5) is 12.6. The van der Waals surface area contributed by atoms with Crippen LogP contribution in [-0.4, -0.2) is 26.4 Å². The molecule has 4 aromatic rings. The molecule has 0 fully saturated rings. The van der Waals surface area contributed by atoms with E-state index in [0.717, 1.165) is 20.9 Å². The number of hydrogen-bond donors (Lipinski definition) is 1. The Morgan fingerprint density at radius 3 is 2.69 bits per heavy atom. The van der Waals surface area contributed by atoms with E-state index in [2.05, 4.69) is 31.4 Å². The molecule has 0 aliphatic rings. The third-order valence-electron chi connectivity index (χ3n) is 4.65. The standard InChI is InChI=1S/C22H17BrCl2N4O2S/c1-29-20(11-31-19-9-6-13(24)10-17(19)25)27-28-22(29)32-12-21(30)26-18-8-7-16(23)14-4-2-3-5-15(14)18/h2-10H,11-12H2,1H3,(H,26,30). The number of ether oxygens (including phenoxy) is 1. The van der Waals surface area contributed by atoms with E-state index in [1.165, 1.54) is 11.8 Å². The molecule has 0 saturated carbocycles. The zero-order valence-electron chi connectivity index (χ0n) is 16.8. The topological polar surface area (TPSA) is 69.0 Å². The summed E-state index contributed by atoms with van der Waals surface area (Å²) in [6, 6.07) is 16.7. The third kappa shape index (κ3) is 5.20. The maximum Gasteiger partial charge on any atom is 0.234 e. The monoisotopic (exact) mass is 550 g/mol. The van der Waals surface area contributed by atoms with Crippen molar-refractivity contribution in [1.82, 2.24) is 14.8 Å². The zero-order chi connectivity index (χ0) is 22.7. The van der Waals surface area contributed by atoms with Crippen LogP contribution in [0, 0.1) is 0 Å². The van der Waals surface area contributed by atoms with E-state index in [1.807, 2.05) is 43.4 Å². The number of fused-ring (bicyclic) bond motifs is 1. The number of carbonyl (C=O) groups is 1. The molecular formula is C22H17BrCl2N4O2S. The zero-order valence-corrected chi connectivity index (χ0v) is 20.7. The predicted molar refractivity (Wildman–Crippen MR) is 133 cm³/mol. The minimum absolute atomic E-state index is 0.128. The second-order valence-electron chi connectivity index (χ2n) is 6.80. The van der Waals surface area contributed by atoms with Gasteiger partial charge in [-0.05, 0) is 35.7 Å². The van der Waals surface area contributed by atoms with Crippen molar-refractivity contribution in [3.8, 4) is 5.75 Å². The number of carbonyl (C=O) groups excluding carboxylic acids is 1. The molecule has 0 aliphatic carbocycles. The number of thioether (sulfide) groups is 1. The van der Waals surface area contributed by atoms with Crippen LogP contribution in [-0.2, 0) is 18.4 Å². The van der Waals surface area contributed by atoms with Crippen LogP contribution in [0.15, 0.2) is 64.2 Å². The average Bonchev–Trinajstić information content (AvgIpc) is 3.13. The molecule has 1 heterocycles. The van der Waals surface area contributed by atoms with E-state index < -0.39 is 0 Å². The number of halogens is 3. The summed E-state index contributed by atoms with van der Waals surface area (Å²) in [5, 5.41) is 14.9. The van der Waals surface area contributed by atoms with Gasteiger partial charge in [0.05, 0.1) is 10.8 Å². The lowest BCUT2D eigenvalue weighted by atomic mass is 10.1. The predicted octanol–water partition coefficient (Wildman–Crippen LogP) is 6.35. The van der Waals surface area contributed by atoms with Crippen molar-refractivity contribution in [3.63, 3.8) is 0 Å². The first-order valence-corrected chi connectivity index (χ1v) is 12.0. The maximum atomic E-state index is 12.6. The van der Waals surface area contributed by atoms with Gasteiger partial charge in [0.1, 0.15) is 12.4 Å². The van der Waals surface area contributed by atoms with Gasteiger partial charge in [-0.1, -0.05) is 75.2 Å². The Hall–Kier alpha value is -2.26. The Balaban J connectivity index is 1.37. The van der Waals surface area contributed by atoms with E-state index in [0.29, 0.717) is 26.8 Å². The van der Waals surface area contributed by atoms with Gasteiger partial charge < -0.3 is 14.6 Å². The Morgan fingerprint density at radius 1 is 1.12 bits per heavy atom. The fraction of sp³-hybridized carbons (Fsp3) is 0.136. The normalized spacial score (nSPS) is 11.0. The van der Waals surface area contributed by atoms with Gasteiger partial charge in [-0.2, -0.15) is 0 Å². The largest absolute Gasteiger partial charge is 0.484 e. The summed E-state index contributed by atoms with van der Waals surface area (Å²) in [6.45, 7) is 0.183. The summed E-state index contributed by atoms with van der Waals surface area (Å²) in [7, 11) is 1.82. The van der Waals surface area contributed by atoms with Crippen LogP contribution in [0.5, 0.6) is 5.75 Å². The number of nitrogens with zero attached hydrogens (tertiary/aromatic N) is 3. The maximum absolute atomic E-state index is 12.6. The minimum Gasteiger partial charge on any atom is -0.484 e. The van der Waals surface area contributed by atoms with Crippen molar-refractivity contribution < 1.29 is 9.53 Å². The summed E-state index contributed by atoms with van der Waals surface area (Å²) < 4.78 is 8.49. The van der Waals surface area contributed by atoms with Crippen molar-refractivity contribution in [3.05, 3.63) is 74.9 Å². The van der Waals surface area contributed by atoms with Crippen LogP contribution >= 0.6 is 50.9 Å². The van der Waals surface area contributed by atoms with Crippen LogP contribution in [0.3, 0.4) is 0 Å². The van der Waals surface area contributed by atoms with Gasteiger partial charge in [0.2, 0.25) is 5.91 Å². The van der Waals surface area contributed by atoms with E-state index in [1.54, 1.807) is 22.8 Å². The fourth-order valence-corrected chi connectivity index (χ4v) is 4.69. The number of anilines is 1. The SMILES string of the molecule is Cn1c(COc2ccc(Cl)cc2Cl)nnc1SCC(=O)Nc1ccc(Br)c2ccccc12. The Labute approximate surface area is 207 Å². The number of amides is 1. The van der Waals surface area contributed by atoms with Gasteiger partial charge in [0.15, 0.2) is 11.0 Å². The number of hydrogen-bond acceptors (Lipinski definition) is 5. The van der Waals surface area contributed by atoms with Crippen molar-refractivity contribution in [2.75, 3.05) is 11.1 Å². The summed E-state index contributed by atoms with van der Waals surface area (Å²) in [6.07, 6.45) is 0. The highest BCUT2D eigenvalue weighted by Gasteiger charge is 2.14. The van der Waals surface area contributed by atoms with E-state index >= 15 is 0 Å². The molecule has 0 aliphatic heterocycles. The molecule has 1 amide bonds. The summed E-state index contributed by atoms with van der Waals surface area (Å²) >= 11 is 16.9. The molecule has 0 spiro atoms. The highest BCUT2D eigenvalue weighted by Crippen LogP contribution is 2.30. The van der Waals surface area contributed by atoms with Crippen LogP contribution in [0.25, 0.3) is 10.8 Å². The first-order valence-electron chi connectivity index (χ1n) is 9.48. The third-order valence-corrected chi connectivity index (χ3v) is 6.90. The molecule has 0 radical (unpaired) electrons. The lowest BCUT2D eigenvalue weighted by Gasteiger charge is -2.10. The molecule has 0 saturated heterocycles. The molecule has 0 bridgehead atoms. The number of rotatable bonds is 7. The van der Waals surface area contributed by atoms with Crippen LogP contribution in [0.1, 0.15) is 5.82 Å². The number of aromatic nitrogens is 3. The second kappa shape index (κ2) is 10.1. The van der Waals surface area contributed by atoms with Crippen LogP contribution < -0.4 is 10.1 Å². The van der Waals surface area contributed by atoms with Gasteiger partial charge >= 0.3 is 0 Å². The summed E-state index contributed by atoms with van der Waals surface area (Å²) in [5.41, 5.74) is 0.765. The van der Waals surface area contributed by atoms with Gasteiger partial charge in [-0.15, -0.1) is 10.2 Å². The van der Waals surface area contributed by atoms with Crippen LogP contribution in [0.4, 0.5) is 5.69 Å². The lowest BCUT2D eigenvalue weighted by Crippen LogP contribution is -2.15. The smallest absolute Gasteiger partial charge is 0.234 e. The van der Waals surface area contributed by atoms with Gasteiger partial charge in [0.25, 0.3) is 0 Å². The summed E-state index contributed by atoms with van der Waals surface area (Å²) in [5.74, 6) is 1.18. The van der Waals surface area contributed by atoms with E-state index in [4.69, 9.17) is 27.9 Å². The lowest BCUT2D eigenvalue weighted by molar-refractivity contribution is -0.113. The molecule has 1 N–H and O–H groups in total. The molecule has 164 valence electrons. The van der Waals surface area contributed by atoms with Crippen molar-refractivity contribution in [2.45, 2.75) is 11.8 Å². The Morgan fingerprint density at radius 2 is 1.91 bits per heavy atom. The molecule has 10 heteroatoms. The van der Waals surface area contributed by atoms with Crippen LogP contribution in [0.2, 0.25) is 10.0 Å². The number of benzene rings is 3. The molecule has 0 unspecified atom stereocenters. The molecule has 1 aromatic heterocycles. The number of nitrogens with one attached hydrogen (secondary N) is 1. The van der Waals surface area contributed by atoms with Crippen molar-refractivity contribution >= 4 is 73.3 Å². The fourth-order valence-electron chi connectivity index (χ4n) is 3.02. The van der Waals surface area contributed by atoms with Gasteiger partial charge in [-0.25, -0.2) is 0 Å². The second-order valence-corrected chi connectivity index (χ2v) is 9.44. The Bertz CT molecular complexity index is 1300. The molecule has 32 heavy (non-hydrogen) atoms. The highest BCUT2D eigenvalue weighted by atomic mass is 79.9. The molecular weight excluding hydrogens is 535 g/mol. The minimum atomic E-state index is -0.128. The average molecular weight is 552 g/mol. The molecule has 3 aromatic carbocycles. The molecule has 0 atom stereocenters. The van der Waals surface area contributed by atoms with Gasteiger partial charge in [0, 0.05) is 27.6 Å². The van der Waals surface area contributed by atoms with E-state index in [-0.39, 0.29) is 18.3 Å². The molecule has 6 nitrogen and oxygen atoms in total. The van der Waals surface area contributed by atoms with Crippen molar-refractivity contribution in [1.29, 1.82) is 0 Å². The van der Waals surface area contributed by atoms with Crippen molar-refractivity contribution in [2.24, 2.45) is 7.05 Å². The Kier molecular flexibility index (Phi) is 7.25. The first kappa shape index (κ1) is 22.9. The quantitative estimate of drug-likeness (QED) is 0.271. The highest BCUT2D eigenvalue weighted by molar-refractivity contribution is 9.10. The van der Waals surface area contributed by atoms with Gasteiger partial charge in [-0.3, -0.25) is 4.79 Å². The molecule has 4 rings (SSSR count).